The maximum atomic E-state index is 12.7. The highest BCUT2D eigenvalue weighted by atomic mass is 127. The van der Waals surface area contributed by atoms with Crippen molar-refractivity contribution in [2.75, 3.05) is 0 Å². The van der Waals surface area contributed by atoms with Crippen LogP contribution in [0.4, 0.5) is 0 Å². The van der Waals surface area contributed by atoms with Gasteiger partial charge < -0.3 is 14.6 Å². The number of carbonyl (C=O) groups excluding carboxylic acids is 1. The minimum Gasteiger partial charge on any atom is -0.455 e. The molecule has 0 radical (unpaired) electrons. The number of benzene rings is 2. The van der Waals surface area contributed by atoms with Crippen LogP contribution in [0.1, 0.15) is 22.0 Å². The van der Waals surface area contributed by atoms with Crippen LogP contribution in [0.15, 0.2) is 48.5 Å². The summed E-state index contributed by atoms with van der Waals surface area (Å²) in [6, 6.07) is 13.8. The quantitative estimate of drug-likeness (QED) is 0.182. The smallest absolute Gasteiger partial charge is 0.258 e. The van der Waals surface area contributed by atoms with Crippen molar-refractivity contribution in [2.24, 2.45) is 0 Å². The monoisotopic (exact) mass is 1030 g/mol. The Kier molecular flexibility index (Phi) is 9.71. The third-order valence-electron chi connectivity index (χ3n) is 3.04. The molecule has 26 heavy (non-hydrogen) atoms. The van der Waals surface area contributed by atoms with Gasteiger partial charge in [-0.05, 0) is 159 Å². The zero-order valence-corrected chi connectivity index (χ0v) is 25.6. The van der Waals surface area contributed by atoms with E-state index < -0.39 is 11.1 Å². The summed E-state index contributed by atoms with van der Waals surface area (Å²) in [5.74, 6) is 0.588. The molecule has 140 valence electrons. The van der Waals surface area contributed by atoms with Gasteiger partial charge in [-0.25, -0.2) is 0 Å². The summed E-state index contributed by atoms with van der Waals surface area (Å²) < 4.78 is 10.8. The highest BCUT2D eigenvalue weighted by molar-refractivity contribution is 14.3. The molecule has 0 heterocycles. The lowest BCUT2D eigenvalue weighted by Crippen LogP contribution is -2.16. The van der Waals surface area contributed by atoms with Gasteiger partial charge in [0.15, 0.2) is 17.3 Å². The first-order valence-electron chi connectivity index (χ1n) is 6.89. The zero-order valence-electron chi connectivity index (χ0n) is 12.6. The Morgan fingerprint density at radius 3 is 1.92 bits per heavy atom. The molecule has 0 bridgehead atoms. The second kappa shape index (κ2) is 10.4. The fourth-order valence-corrected chi connectivity index (χ4v) is 3.44. The van der Waals surface area contributed by atoms with E-state index in [4.69, 9.17) is 9.47 Å². The van der Waals surface area contributed by atoms with E-state index in [1.165, 1.54) is 0 Å². The van der Waals surface area contributed by atoms with E-state index in [1.54, 1.807) is 42.5 Å². The van der Waals surface area contributed by atoms with Crippen molar-refractivity contribution in [1.29, 1.82) is 0 Å². The molecule has 10 heteroatoms. The Morgan fingerprint density at radius 1 is 0.846 bits per heavy atom. The first kappa shape index (κ1) is 24.3. The molecular formula is C16H10I6O4. The van der Waals surface area contributed by atoms with Gasteiger partial charge in [-0.1, -0.05) is 30.3 Å². The van der Waals surface area contributed by atoms with Crippen molar-refractivity contribution in [1.82, 2.24) is 0 Å². The normalized spacial score (nSPS) is 13.2. The number of hydrogen-bond acceptors (Lipinski definition) is 4. The molecule has 0 saturated carbocycles. The molecule has 0 aliphatic heterocycles. The van der Waals surface area contributed by atoms with Gasteiger partial charge in [0, 0.05) is 5.56 Å². The average molecular weight is 1030 g/mol. The van der Waals surface area contributed by atoms with Gasteiger partial charge in [0.2, 0.25) is 0 Å². The molecule has 0 spiro atoms. The molecule has 4 nitrogen and oxygen atoms in total. The number of carbonyl (C=O) groups is 1. The van der Waals surface area contributed by atoms with Crippen molar-refractivity contribution >= 4 is 141 Å². The van der Waals surface area contributed by atoms with Gasteiger partial charge >= 0.3 is 0 Å². The summed E-state index contributed by atoms with van der Waals surface area (Å²) >= 11 is 12.9. The van der Waals surface area contributed by atoms with Crippen LogP contribution < -0.4 is 9.47 Å². The number of aliphatic hydroxyl groups is 1. The van der Waals surface area contributed by atoms with E-state index >= 15 is 0 Å². The van der Waals surface area contributed by atoms with Crippen molar-refractivity contribution in [3.8, 4) is 11.5 Å². The van der Waals surface area contributed by atoms with Gasteiger partial charge in [0.25, 0.3) is -0.758 Å². The van der Waals surface area contributed by atoms with E-state index in [0.29, 0.717) is 22.6 Å². The predicted molar refractivity (Wildman–Crippen MR) is 153 cm³/mol. The SMILES string of the molecule is O=C(c1ccc(OC(I)(I)I)c(OC(I)(I)I)c1)C(O)c1ccccc1. The number of alkyl halides is 6. The van der Waals surface area contributed by atoms with Crippen LogP contribution in [0.2, 0.25) is 0 Å². The number of hydrogen-bond donors (Lipinski definition) is 1. The number of ketones is 1. The molecule has 1 unspecified atom stereocenters. The van der Waals surface area contributed by atoms with Gasteiger partial charge in [0.05, 0.1) is 0 Å². The zero-order chi connectivity index (χ0) is 19.5. The molecule has 2 aromatic carbocycles. The predicted octanol–water partition coefficient (Wildman–Crippen LogP) is 7.19. The van der Waals surface area contributed by atoms with Crippen LogP contribution in [0, 0.1) is 0 Å². The van der Waals surface area contributed by atoms with Crippen molar-refractivity contribution in [3.63, 3.8) is 0 Å². The minimum atomic E-state index is -1.22. The van der Waals surface area contributed by atoms with Crippen molar-refractivity contribution in [2.45, 2.75) is 5.35 Å². The molecule has 1 N–H and O–H groups in total. The van der Waals surface area contributed by atoms with Crippen molar-refractivity contribution in [3.05, 3.63) is 59.7 Å². The fraction of sp³-hybridized carbons (Fsp3) is 0.188. The summed E-state index contributed by atoms with van der Waals surface area (Å²) in [4.78, 5) is 12.7. The molecule has 2 aromatic rings. The maximum Gasteiger partial charge on any atom is 0.258 e. The Morgan fingerprint density at radius 2 is 1.38 bits per heavy atom. The molecule has 0 amide bonds. The van der Waals surface area contributed by atoms with Crippen LogP contribution in [-0.2, 0) is 0 Å². The lowest BCUT2D eigenvalue weighted by Gasteiger charge is -2.22. The molecule has 0 fully saturated rings. The number of ether oxygens (including phenoxy) is 2. The molecular weight excluding hydrogens is 1020 g/mol. The number of aliphatic hydroxyl groups excluding tert-OH is 1. The van der Waals surface area contributed by atoms with Crippen LogP contribution in [0.25, 0.3) is 0 Å². The number of halogens is 6. The standard InChI is InChI=1S/C16H10I6O4/c17-15(18,19)25-11-7-6-10(8-12(11)26-16(20,21)22)14(24)13(23)9-4-2-1-3-5-9/h1-8,13,23H. The second-order valence-electron chi connectivity index (χ2n) is 4.93. The second-order valence-corrected chi connectivity index (χ2v) is 26.4. The molecule has 0 aliphatic rings. The summed E-state index contributed by atoms with van der Waals surface area (Å²) in [5.41, 5.74) is 0.912. The van der Waals surface area contributed by atoms with E-state index in [9.17, 15) is 9.90 Å². The Labute approximate surface area is 233 Å². The summed E-state index contributed by atoms with van der Waals surface area (Å²) in [7, 11) is 0. The molecule has 0 saturated heterocycles. The van der Waals surface area contributed by atoms with Crippen LogP contribution >= 0.6 is 136 Å². The topological polar surface area (TPSA) is 55.8 Å². The first-order chi connectivity index (χ1) is 12.0. The van der Waals surface area contributed by atoms with Crippen molar-refractivity contribution < 1.29 is 19.4 Å². The Balaban J connectivity index is 2.37. The summed E-state index contributed by atoms with van der Waals surface area (Å²) in [6.07, 6.45) is -1.22. The summed E-state index contributed by atoms with van der Waals surface area (Å²) in [6.45, 7) is 0. The maximum absolute atomic E-state index is 12.7. The lowest BCUT2D eigenvalue weighted by molar-refractivity contribution is 0.0747. The third kappa shape index (κ3) is 8.05. The van der Waals surface area contributed by atoms with Gasteiger partial charge in [-0.3, -0.25) is 4.79 Å². The van der Waals surface area contributed by atoms with E-state index in [-0.39, 0.29) is 0 Å². The van der Waals surface area contributed by atoms with Gasteiger partial charge in [-0.2, -0.15) is 0 Å². The van der Waals surface area contributed by atoms with E-state index in [1.807, 2.05) is 6.07 Å². The average Bonchev–Trinajstić information content (AvgIpc) is 2.53. The van der Waals surface area contributed by atoms with E-state index in [0.717, 1.165) is 0 Å². The summed E-state index contributed by atoms with van der Waals surface area (Å²) in [5, 5.41) is 10.4. The third-order valence-corrected chi connectivity index (χ3v) is 4.36. The van der Waals surface area contributed by atoms with Gasteiger partial charge in [-0.15, -0.1) is 0 Å². The Bertz CT molecular complexity index is 771. The van der Waals surface area contributed by atoms with Gasteiger partial charge in [0.1, 0.15) is 6.10 Å². The first-order valence-corrected chi connectivity index (χ1v) is 13.4. The molecule has 0 aliphatic carbocycles. The largest absolute Gasteiger partial charge is 0.455 e. The number of rotatable bonds is 7. The number of Topliss-reactive ketones (excluding diaryl/α,β-unsaturated/α-hetero) is 1. The van der Waals surface area contributed by atoms with Crippen LogP contribution in [0.5, 0.6) is 11.5 Å². The lowest BCUT2D eigenvalue weighted by atomic mass is 10.00. The molecule has 0 aromatic heterocycles. The Hall–Kier alpha value is 2.05. The van der Waals surface area contributed by atoms with Crippen LogP contribution in [0.3, 0.4) is 0 Å². The molecule has 1 atom stereocenters. The highest BCUT2D eigenvalue weighted by Crippen LogP contribution is 2.45. The van der Waals surface area contributed by atoms with E-state index in [2.05, 4.69) is 136 Å². The molecule has 2 rings (SSSR count). The minimum absolute atomic E-state index is 0.359. The fourth-order valence-electron chi connectivity index (χ4n) is 2.02. The highest BCUT2D eigenvalue weighted by Gasteiger charge is 2.27. The van der Waals surface area contributed by atoms with Crippen LogP contribution in [-0.4, -0.2) is 10.1 Å².